The van der Waals surface area contributed by atoms with Crippen molar-refractivity contribution >= 4 is 17.5 Å². The number of halogens is 2. The number of unbranched alkanes of at least 4 members (excludes halogenated alkanes) is 1. The third-order valence-corrected chi connectivity index (χ3v) is 5.72. The van der Waals surface area contributed by atoms with Crippen molar-refractivity contribution in [3.05, 3.63) is 41.2 Å². The minimum atomic E-state index is -0.843. The average molecular weight is 411 g/mol. The molecule has 0 amide bonds. The number of aromatic nitrogens is 3. The van der Waals surface area contributed by atoms with Crippen molar-refractivity contribution in [2.24, 2.45) is 0 Å². The van der Waals surface area contributed by atoms with Crippen LogP contribution in [-0.2, 0) is 6.54 Å². The van der Waals surface area contributed by atoms with E-state index in [-0.39, 0.29) is 11.6 Å². The second kappa shape index (κ2) is 10.1. The van der Waals surface area contributed by atoms with Gasteiger partial charge in [-0.25, -0.2) is 8.78 Å². The number of thioether (sulfide) groups is 1. The van der Waals surface area contributed by atoms with Crippen LogP contribution < -0.4 is 0 Å². The molecule has 1 aromatic carbocycles. The smallest absolute Gasteiger partial charge is 0.191 e. The number of ketones is 1. The van der Waals surface area contributed by atoms with Gasteiger partial charge in [-0.3, -0.25) is 9.69 Å². The molecule has 28 heavy (non-hydrogen) atoms. The number of carbonyl (C=O) groups excluding carboxylic acids is 1. The highest BCUT2D eigenvalue weighted by molar-refractivity contribution is 8.00. The Labute approximate surface area is 169 Å². The van der Waals surface area contributed by atoms with Gasteiger partial charge in [-0.05, 0) is 46.0 Å². The number of Topliss-reactive ketones (excluding diaryl/α,β-unsaturated/α-hetero) is 1. The Hall–Kier alpha value is -1.80. The van der Waals surface area contributed by atoms with E-state index < -0.39 is 22.7 Å². The van der Waals surface area contributed by atoms with E-state index in [2.05, 4.69) is 33.5 Å². The Morgan fingerprint density at radius 2 is 1.96 bits per heavy atom. The summed E-state index contributed by atoms with van der Waals surface area (Å²) in [5.74, 6) is -1.07. The molecule has 0 spiro atoms. The minimum Gasteiger partial charge on any atom is -0.305 e. The fourth-order valence-corrected chi connectivity index (χ4v) is 4.01. The van der Waals surface area contributed by atoms with Crippen molar-refractivity contribution < 1.29 is 13.6 Å². The molecule has 0 radical (unpaired) electrons. The lowest BCUT2D eigenvalue weighted by Gasteiger charge is -2.23. The van der Waals surface area contributed by atoms with Crippen molar-refractivity contribution in [3.8, 4) is 0 Å². The van der Waals surface area contributed by atoms with Gasteiger partial charge in [-0.15, -0.1) is 10.2 Å². The van der Waals surface area contributed by atoms with Gasteiger partial charge in [0, 0.05) is 12.6 Å². The van der Waals surface area contributed by atoms with E-state index in [1.807, 2.05) is 14.1 Å². The van der Waals surface area contributed by atoms with Crippen LogP contribution in [0.2, 0.25) is 0 Å². The van der Waals surface area contributed by atoms with E-state index in [9.17, 15) is 13.6 Å². The second-order valence-electron chi connectivity index (χ2n) is 6.98. The van der Waals surface area contributed by atoms with Crippen molar-refractivity contribution in [1.29, 1.82) is 0 Å². The first-order chi connectivity index (χ1) is 13.3. The molecule has 0 aliphatic carbocycles. The predicted octanol–water partition coefficient (Wildman–Crippen LogP) is 4.73. The first kappa shape index (κ1) is 22.5. The maximum Gasteiger partial charge on any atom is 0.191 e. The number of nitrogens with zero attached hydrogens (tertiary/aromatic N) is 4. The molecule has 5 nitrogen and oxygen atoms in total. The van der Waals surface area contributed by atoms with Gasteiger partial charge in [-0.1, -0.05) is 32.0 Å². The minimum absolute atomic E-state index is 0.110. The summed E-state index contributed by atoms with van der Waals surface area (Å²) < 4.78 is 29.2. The third-order valence-electron chi connectivity index (χ3n) is 4.64. The molecule has 0 saturated heterocycles. The highest BCUT2D eigenvalue weighted by Crippen LogP contribution is 2.29. The van der Waals surface area contributed by atoms with E-state index in [1.165, 1.54) is 17.8 Å². The molecule has 0 aliphatic rings. The number of rotatable bonds is 10. The lowest BCUT2D eigenvalue weighted by atomic mass is 10.1. The Balaban J connectivity index is 2.28. The molecule has 0 saturated carbocycles. The maximum absolute atomic E-state index is 14.0. The molecule has 0 aliphatic heterocycles. The van der Waals surface area contributed by atoms with Gasteiger partial charge >= 0.3 is 0 Å². The summed E-state index contributed by atoms with van der Waals surface area (Å²) in [6, 6.07) is 3.14. The monoisotopic (exact) mass is 410 g/mol. The Bertz CT molecular complexity index is 809. The summed E-state index contributed by atoms with van der Waals surface area (Å²) in [5.41, 5.74) is -0.110. The second-order valence-corrected chi connectivity index (χ2v) is 8.29. The topological polar surface area (TPSA) is 51.0 Å². The molecule has 0 fully saturated rings. The van der Waals surface area contributed by atoms with E-state index >= 15 is 0 Å². The number of hydrogen-bond donors (Lipinski definition) is 0. The Morgan fingerprint density at radius 1 is 1.25 bits per heavy atom. The molecule has 2 rings (SSSR count). The van der Waals surface area contributed by atoms with E-state index in [0.717, 1.165) is 43.8 Å². The van der Waals surface area contributed by atoms with Crippen LogP contribution in [0.5, 0.6) is 0 Å². The molecule has 154 valence electrons. The highest BCUT2D eigenvalue weighted by Gasteiger charge is 2.26. The van der Waals surface area contributed by atoms with Crippen LogP contribution in [0.4, 0.5) is 8.78 Å². The molecule has 2 aromatic rings. The lowest BCUT2D eigenvalue weighted by Crippen LogP contribution is -2.23. The van der Waals surface area contributed by atoms with Gasteiger partial charge in [0.1, 0.15) is 11.6 Å². The summed E-state index contributed by atoms with van der Waals surface area (Å²) in [5, 5.41) is 8.78. The van der Waals surface area contributed by atoms with Crippen LogP contribution >= 0.6 is 11.8 Å². The Kier molecular flexibility index (Phi) is 8.12. The summed E-state index contributed by atoms with van der Waals surface area (Å²) in [6.45, 7) is 6.68. The number of hydrogen-bond acceptors (Lipinski definition) is 5. The van der Waals surface area contributed by atoms with Crippen LogP contribution in [0.3, 0.4) is 0 Å². The SMILES string of the molecule is CCCCn1c(SC(C)C(=O)c2ccc(F)cc2F)nnc1C(CC)N(C)C. The molecular weight excluding hydrogens is 382 g/mol. The standard InChI is InChI=1S/C20H28F2N4OS/c1-6-8-11-26-19(17(7-2)25(4)5)23-24-20(26)28-13(3)18(27)15-10-9-14(21)12-16(15)22/h9-10,12-13,17H,6-8,11H2,1-5H3. The van der Waals surface area contributed by atoms with Gasteiger partial charge < -0.3 is 4.57 Å². The van der Waals surface area contributed by atoms with Crippen molar-refractivity contribution in [3.63, 3.8) is 0 Å². The zero-order chi connectivity index (χ0) is 20.8. The van der Waals surface area contributed by atoms with Crippen LogP contribution in [0, 0.1) is 11.6 Å². The normalized spacial score (nSPS) is 13.7. The summed E-state index contributed by atoms with van der Waals surface area (Å²) >= 11 is 1.26. The third kappa shape index (κ3) is 5.17. The summed E-state index contributed by atoms with van der Waals surface area (Å²) in [6.07, 6.45) is 2.88. The largest absolute Gasteiger partial charge is 0.305 e. The van der Waals surface area contributed by atoms with E-state index in [4.69, 9.17) is 0 Å². The van der Waals surface area contributed by atoms with Crippen LogP contribution in [0.25, 0.3) is 0 Å². The molecule has 8 heteroatoms. The predicted molar refractivity (Wildman–Crippen MR) is 108 cm³/mol. The molecule has 0 N–H and O–H groups in total. The van der Waals surface area contributed by atoms with Gasteiger partial charge in [-0.2, -0.15) is 0 Å². The fraction of sp³-hybridized carbons (Fsp3) is 0.550. The average Bonchev–Trinajstić information content (AvgIpc) is 3.02. The summed E-state index contributed by atoms with van der Waals surface area (Å²) in [7, 11) is 4.01. The molecule has 2 unspecified atom stereocenters. The van der Waals surface area contributed by atoms with E-state index in [1.54, 1.807) is 6.92 Å². The number of benzene rings is 1. The quantitative estimate of drug-likeness (QED) is 0.419. The van der Waals surface area contributed by atoms with Gasteiger partial charge in [0.25, 0.3) is 0 Å². The maximum atomic E-state index is 14.0. The lowest BCUT2D eigenvalue weighted by molar-refractivity contribution is 0.0990. The van der Waals surface area contributed by atoms with E-state index in [0.29, 0.717) is 5.16 Å². The first-order valence-electron chi connectivity index (χ1n) is 9.55. The van der Waals surface area contributed by atoms with Gasteiger partial charge in [0.15, 0.2) is 16.8 Å². The van der Waals surface area contributed by atoms with Crippen LogP contribution in [-0.4, -0.2) is 44.8 Å². The molecule has 1 heterocycles. The molecule has 0 bridgehead atoms. The van der Waals surface area contributed by atoms with Crippen LogP contribution in [0.1, 0.15) is 62.3 Å². The number of carbonyl (C=O) groups is 1. The van der Waals surface area contributed by atoms with Crippen molar-refractivity contribution in [1.82, 2.24) is 19.7 Å². The molecule has 2 atom stereocenters. The molecule has 1 aromatic heterocycles. The molecular formula is C20H28F2N4OS. The van der Waals surface area contributed by atoms with Gasteiger partial charge in [0.05, 0.1) is 16.9 Å². The zero-order valence-corrected chi connectivity index (χ0v) is 17.9. The fourth-order valence-electron chi connectivity index (χ4n) is 3.06. The summed E-state index contributed by atoms with van der Waals surface area (Å²) in [4.78, 5) is 14.8. The van der Waals surface area contributed by atoms with Gasteiger partial charge in [0.2, 0.25) is 0 Å². The zero-order valence-electron chi connectivity index (χ0n) is 17.1. The van der Waals surface area contributed by atoms with Crippen molar-refractivity contribution in [2.45, 2.75) is 63.0 Å². The first-order valence-corrected chi connectivity index (χ1v) is 10.4. The highest BCUT2D eigenvalue weighted by atomic mass is 32.2. The van der Waals surface area contributed by atoms with Crippen molar-refractivity contribution in [2.75, 3.05) is 14.1 Å². The van der Waals surface area contributed by atoms with Crippen LogP contribution in [0.15, 0.2) is 23.4 Å². The Morgan fingerprint density at radius 3 is 2.54 bits per heavy atom.